The van der Waals surface area contributed by atoms with Gasteiger partial charge in [-0.05, 0) is 18.2 Å². The van der Waals surface area contributed by atoms with Crippen molar-refractivity contribution in [2.24, 2.45) is 4.99 Å². The molecule has 0 aliphatic carbocycles. The summed E-state index contributed by atoms with van der Waals surface area (Å²) >= 11 is 5.59. The molecule has 1 aromatic carbocycles. The maximum absolute atomic E-state index is 13.6. The van der Waals surface area contributed by atoms with E-state index < -0.39 is 17.4 Å². The van der Waals surface area contributed by atoms with E-state index in [-0.39, 0.29) is 22.0 Å². The van der Waals surface area contributed by atoms with Gasteiger partial charge in [0.15, 0.2) is 11.5 Å². The fourth-order valence-corrected chi connectivity index (χ4v) is 1.65. The number of aromatic hydroxyl groups is 1. The lowest BCUT2D eigenvalue weighted by Gasteiger charge is -2.03. The number of halogens is 3. The summed E-state index contributed by atoms with van der Waals surface area (Å²) in [7, 11) is 0. The van der Waals surface area contributed by atoms with Crippen LogP contribution in [-0.2, 0) is 0 Å². The molecule has 0 fully saturated rings. The quantitative estimate of drug-likeness (QED) is 0.863. The monoisotopic (exact) mass is 293 g/mol. The lowest BCUT2D eigenvalue weighted by Crippen LogP contribution is -2.02. The normalized spacial score (nSPS) is 11.2. The van der Waals surface area contributed by atoms with Crippen LogP contribution in [0, 0.1) is 23.0 Å². The van der Waals surface area contributed by atoms with Crippen molar-refractivity contribution in [3.63, 3.8) is 0 Å². The van der Waals surface area contributed by atoms with Gasteiger partial charge in [-0.15, -0.1) is 0 Å². The highest BCUT2D eigenvalue weighted by molar-refractivity contribution is 6.31. The molecule has 0 unspecified atom stereocenters. The average molecular weight is 294 g/mol. The van der Waals surface area contributed by atoms with Gasteiger partial charge in [0, 0.05) is 0 Å². The molecule has 7 heteroatoms. The van der Waals surface area contributed by atoms with Crippen LogP contribution in [0.2, 0.25) is 5.02 Å². The number of pyridine rings is 1. The number of hydrogen-bond donors (Lipinski definition) is 1. The summed E-state index contributed by atoms with van der Waals surface area (Å²) in [6, 6.07) is 5.19. The number of nitriles is 1. The molecule has 1 N–H and O–H groups in total. The van der Waals surface area contributed by atoms with Crippen molar-refractivity contribution >= 4 is 23.0 Å². The Morgan fingerprint density at radius 1 is 1.30 bits per heavy atom. The van der Waals surface area contributed by atoms with Crippen molar-refractivity contribution < 1.29 is 13.9 Å². The van der Waals surface area contributed by atoms with E-state index in [1.807, 2.05) is 0 Å². The fourth-order valence-electron chi connectivity index (χ4n) is 1.48. The van der Waals surface area contributed by atoms with Gasteiger partial charge >= 0.3 is 0 Å². The van der Waals surface area contributed by atoms with Gasteiger partial charge < -0.3 is 5.11 Å². The SMILES string of the molecule is N#C/C(=N\c1ccc(F)c(Cl)c1)c1c(O)cncc1F. The lowest BCUT2D eigenvalue weighted by molar-refractivity contribution is 0.464. The van der Waals surface area contributed by atoms with Gasteiger partial charge in [-0.25, -0.2) is 13.8 Å². The van der Waals surface area contributed by atoms with Crippen LogP contribution in [0.15, 0.2) is 35.6 Å². The van der Waals surface area contributed by atoms with E-state index in [1.54, 1.807) is 6.07 Å². The molecule has 0 bridgehead atoms. The molecule has 1 heterocycles. The maximum atomic E-state index is 13.6. The number of aromatic nitrogens is 1. The van der Waals surface area contributed by atoms with E-state index in [0.29, 0.717) is 0 Å². The standard InChI is InChI=1S/C13H6ClF2N3O/c14-8-3-7(1-2-9(8)15)19-11(4-17)13-10(16)5-18-6-12(13)20/h1-3,5-6,20H/b19-11+. The Kier molecular flexibility index (Phi) is 3.91. The van der Waals surface area contributed by atoms with Gasteiger partial charge in [-0.2, -0.15) is 5.26 Å². The molecule has 0 atom stereocenters. The van der Waals surface area contributed by atoms with Crippen LogP contribution < -0.4 is 0 Å². The first-order valence-corrected chi connectivity index (χ1v) is 5.67. The molecular formula is C13H6ClF2N3O. The van der Waals surface area contributed by atoms with Crippen LogP contribution in [0.4, 0.5) is 14.5 Å². The highest BCUT2D eigenvalue weighted by Crippen LogP contribution is 2.25. The van der Waals surface area contributed by atoms with Gasteiger partial charge in [-0.1, -0.05) is 11.6 Å². The molecule has 0 aliphatic rings. The Morgan fingerprint density at radius 3 is 2.65 bits per heavy atom. The van der Waals surface area contributed by atoms with Crippen molar-refractivity contribution in [3.05, 3.63) is 52.8 Å². The maximum Gasteiger partial charge on any atom is 0.155 e. The summed E-state index contributed by atoms with van der Waals surface area (Å²) in [4.78, 5) is 7.28. The second-order valence-electron chi connectivity index (χ2n) is 3.69. The average Bonchev–Trinajstić information content (AvgIpc) is 2.41. The highest BCUT2D eigenvalue weighted by Gasteiger charge is 2.15. The van der Waals surface area contributed by atoms with Gasteiger partial charge in [0.05, 0.1) is 28.7 Å². The molecule has 0 spiro atoms. The van der Waals surface area contributed by atoms with Crippen LogP contribution in [0.5, 0.6) is 5.75 Å². The molecule has 0 saturated carbocycles. The third kappa shape index (κ3) is 2.73. The summed E-state index contributed by atoms with van der Waals surface area (Å²) in [5, 5.41) is 18.4. The molecule has 0 amide bonds. The van der Waals surface area contributed by atoms with Crippen LogP contribution in [0.3, 0.4) is 0 Å². The zero-order valence-corrected chi connectivity index (χ0v) is 10.6. The zero-order chi connectivity index (χ0) is 14.7. The van der Waals surface area contributed by atoms with Gasteiger partial charge in [0.25, 0.3) is 0 Å². The summed E-state index contributed by atoms with van der Waals surface area (Å²) < 4.78 is 26.6. The molecule has 100 valence electrons. The first-order chi connectivity index (χ1) is 9.52. The van der Waals surface area contributed by atoms with Crippen molar-refractivity contribution in [1.82, 2.24) is 4.98 Å². The molecule has 2 aromatic rings. The first-order valence-electron chi connectivity index (χ1n) is 5.29. The van der Waals surface area contributed by atoms with Crippen LogP contribution in [0.1, 0.15) is 5.56 Å². The molecule has 0 aliphatic heterocycles. The largest absolute Gasteiger partial charge is 0.505 e. The van der Waals surface area contributed by atoms with Gasteiger partial charge in [-0.3, -0.25) is 4.98 Å². The predicted molar refractivity (Wildman–Crippen MR) is 69.1 cm³/mol. The van der Waals surface area contributed by atoms with Crippen molar-refractivity contribution in [3.8, 4) is 11.8 Å². The van der Waals surface area contributed by atoms with Crippen molar-refractivity contribution in [2.45, 2.75) is 0 Å². The molecule has 2 rings (SSSR count). The smallest absolute Gasteiger partial charge is 0.155 e. The Morgan fingerprint density at radius 2 is 2.05 bits per heavy atom. The summed E-state index contributed by atoms with van der Waals surface area (Å²) in [5.41, 5.74) is -0.586. The zero-order valence-electron chi connectivity index (χ0n) is 9.81. The van der Waals surface area contributed by atoms with Gasteiger partial charge in [0.1, 0.15) is 17.6 Å². The van der Waals surface area contributed by atoms with Crippen LogP contribution in [-0.4, -0.2) is 15.8 Å². The molecular weight excluding hydrogens is 288 g/mol. The number of benzene rings is 1. The predicted octanol–water partition coefficient (Wildman–Crippen LogP) is 3.36. The second-order valence-corrected chi connectivity index (χ2v) is 4.09. The van der Waals surface area contributed by atoms with Crippen LogP contribution in [0.25, 0.3) is 0 Å². The third-order valence-corrected chi connectivity index (χ3v) is 2.66. The fraction of sp³-hybridized carbons (Fsp3) is 0. The van der Waals surface area contributed by atoms with Crippen molar-refractivity contribution in [2.75, 3.05) is 0 Å². The number of rotatable bonds is 2. The summed E-state index contributed by atoms with van der Waals surface area (Å²) in [5.74, 6) is -2.04. The minimum absolute atomic E-state index is 0.156. The van der Waals surface area contributed by atoms with E-state index in [1.165, 1.54) is 12.1 Å². The van der Waals surface area contributed by atoms with Crippen LogP contribution >= 0.6 is 11.6 Å². The van der Waals surface area contributed by atoms with Gasteiger partial charge in [0.2, 0.25) is 0 Å². The number of nitrogens with zero attached hydrogens (tertiary/aromatic N) is 3. The molecule has 4 nitrogen and oxygen atoms in total. The third-order valence-electron chi connectivity index (χ3n) is 2.37. The first kappa shape index (κ1) is 13.9. The molecule has 20 heavy (non-hydrogen) atoms. The topological polar surface area (TPSA) is 69.3 Å². The summed E-state index contributed by atoms with van der Waals surface area (Å²) in [6.07, 6.45) is 1.84. The Bertz CT molecular complexity index is 721. The minimum Gasteiger partial charge on any atom is -0.505 e. The van der Waals surface area contributed by atoms with Crippen molar-refractivity contribution in [1.29, 1.82) is 5.26 Å². The second kappa shape index (κ2) is 5.63. The highest BCUT2D eigenvalue weighted by atomic mass is 35.5. The van der Waals surface area contributed by atoms with E-state index in [0.717, 1.165) is 18.5 Å². The molecule has 1 aromatic heterocycles. The Hall–Kier alpha value is -2.52. The van der Waals surface area contributed by atoms with E-state index in [9.17, 15) is 13.9 Å². The lowest BCUT2D eigenvalue weighted by atomic mass is 10.1. The molecule has 0 saturated heterocycles. The minimum atomic E-state index is -0.890. The molecule has 0 radical (unpaired) electrons. The Balaban J connectivity index is 2.55. The van der Waals surface area contributed by atoms with E-state index >= 15 is 0 Å². The van der Waals surface area contributed by atoms with E-state index in [4.69, 9.17) is 16.9 Å². The summed E-state index contributed by atoms with van der Waals surface area (Å²) in [6.45, 7) is 0. The number of hydrogen-bond acceptors (Lipinski definition) is 4. The number of aliphatic imine (C=N–C) groups is 1. The van der Waals surface area contributed by atoms with E-state index in [2.05, 4.69) is 9.98 Å². The Labute approximate surface area is 117 Å².